The van der Waals surface area contributed by atoms with Gasteiger partial charge in [0, 0.05) is 29.6 Å². The first-order valence-corrected chi connectivity index (χ1v) is 13.1. The molecule has 1 atom stereocenters. The fourth-order valence-electron chi connectivity index (χ4n) is 4.46. The molecule has 0 radical (unpaired) electrons. The van der Waals surface area contributed by atoms with Gasteiger partial charge in [0.25, 0.3) is 0 Å². The third-order valence-corrected chi connectivity index (χ3v) is 8.38. The molecule has 0 fully saturated rings. The Morgan fingerprint density at radius 1 is 1.16 bits per heavy atom. The van der Waals surface area contributed by atoms with Crippen molar-refractivity contribution in [2.45, 2.75) is 56.6 Å². The summed E-state index contributed by atoms with van der Waals surface area (Å²) in [6.45, 7) is 6.80. The lowest BCUT2D eigenvalue weighted by Gasteiger charge is -2.31. The van der Waals surface area contributed by atoms with Crippen LogP contribution in [0, 0.1) is 5.92 Å². The summed E-state index contributed by atoms with van der Waals surface area (Å²) in [6, 6.07) is 15.3. The molecule has 31 heavy (non-hydrogen) atoms. The van der Waals surface area contributed by atoms with E-state index in [0.717, 1.165) is 19.3 Å². The lowest BCUT2D eigenvalue weighted by atomic mass is 9.88. The number of hydrogen-bond acceptors (Lipinski definition) is 4. The molecular formula is C24H33BrN2O3S. The molecule has 0 unspecified atom stereocenters. The van der Waals surface area contributed by atoms with E-state index in [4.69, 9.17) is 0 Å². The number of fused-ring (bicyclic) bond motifs is 1. The van der Waals surface area contributed by atoms with Gasteiger partial charge in [-0.25, -0.2) is 8.42 Å². The second-order valence-electron chi connectivity index (χ2n) is 9.08. The quantitative estimate of drug-likeness (QED) is 0.508. The summed E-state index contributed by atoms with van der Waals surface area (Å²) in [5.74, 6) is 0.584. The number of nitrogens with zero attached hydrogens (tertiary/aromatic N) is 1. The molecule has 1 aliphatic rings. The van der Waals surface area contributed by atoms with Crippen LogP contribution in [0.1, 0.15) is 38.3 Å². The summed E-state index contributed by atoms with van der Waals surface area (Å²) in [6.07, 6.45) is 2.40. The van der Waals surface area contributed by atoms with E-state index >= 15 is 0 Å². The number of hydrogen-bond donors (Lipinski definition) is 2. The van der Waals surface area contributed by atoms with Crippen molar-refractivity contribution in [3.05, 3.63) is 64.1 Å². The summed E-state index contributed by atoms with van der Waals surface area (Å²) < 4.78 is 28.0. The van der Waals surface area contributed by atoms with E-state index in [1.165, 1.54) is 15.4 Å². The first-order valence-electron chi connectivity index (χ1n) is 10.9. The minimum absolute atomic E-state index is 0.0588. The Labute approximate surface area is 195 Å². The van der Waals surface area contributed by atoms with E-state index in [2.05, 4.69) is 59.4 Å². The summed E-state index contributed by atoms with van der Waals surface area (Å²) in [5.41, 5.74) is 2.74. The Hall–Kier alpha value is -1.25. The zero-order chi connectivity index (χ0) is 22.6. The number of sulfonamides is 1. The molecule has 2 N–H and O–H groups in total. The third kappa shape index (κ3) is 6.39. The summed E-state index contributed by atoms with van der Waals surface area (Å²) in [7, 11) is -3.66. The second-order valence-corrected chi connectivity index (χ2v) is 11.9. The largest absolute Gasteiger partial charge is 0.390 e. The predicted molar refractivity (Wildman–Crippen MR) is 129 cm³/mol. The van der Waals surface area contributed by atoms with Gasteiger partial charge in [-0.05, 0) is 68.4 Å². The number of benzene rings is 2. The molecule has 0 bridgehead atoms. The van der Waals surface area contributed by atoms with Crippen LogP contribution in [-0.4, -0.2) is 49.1 Å². The topological polar surface area (TPSA) is 69.6 Å². The summed E-state index contributed by atoms with van der Waals surface area (Å²) >= 11 is 3.33. The number of halogens is 1. The zero-order valence-electron chi connectivity index (χ0n) is 18.5. The molecule has 0 saturated carbocycles. The average molecular weight is 510 g/mol. The highest BCUT2D eigenvalue weighted by Crippen LogP contribution is 2.31. The molecule has 2 aromatic carbocycles. The van der Waals surface area contributed by atoms with E-state index < -0.39 is 16.1 Å². The molecule has 0 amide bonds. The summed E-state index contributed by atoms with van der Waals surface area (Å²) in [5, 5.41) is 14.1. The van der Waals surface area contributed by atoms with Gasteiger partial charge in [0.1, 0.15) is 0 Å². The first-order chi connectivity index (χ1) is 14.6. The molecule has 0 aliphatic heterocycles. The molecule has 0 heterocycles. The average Bonchev–Trinajstić information content (AvgIpc) is 3.12. The van der Waals surface area contributed by atoms with Crippen LogP contribution in [0.3, 0.4) is 0 Å². The normalized spacial score (nSPS) is 15.9. The van der Waals surface area contributed by atoms with Gasteiger partial charge in [0.2, 0.25) is 10.0 Å². The van der Waals surface area contributed by atoms with Crippen molar-refractivity contribution in [2.24, 2.45) is 5.92 Å². The Balaban J connectivity index is 1.54. The highest BCUT2D eigenvalue weighted by molar-refractivity contribution is 9.10. The molecule has 0 aromatic heterocycles. The van der Waals surface area contributed by atoms with Crippen LogP contribution in [0.5, 0.6) is 0 Å². The number of nitrogens with one attached hydrogen (secondary N) is 1. The highest BCUT2D eigenvalue weighted by atomic mass is 79.9. The Kier molecular flexibility index (Phi) is 7.97. The number of β-amino-alcohol motifs (C(OH)–C–C–N with tert-alkyl or cyclic N) is 1. The van der Waals surface area contributed by atoms with Crippen molar-refractivity contribution >= 4 is 26.0 Å². The summed E-state index contributed by atoms with van der Waals surface area (Å²) in [4.78, 5) is 0.227. The zero-order valence-corrected chi connectivity index (χ0v) is 20.9. The molecular weight excluding hydrogens is 476 g/mol. The Morgan fingerprint density at radius 2 is 1.81 bits per heavy atom. The molecule has 5 nitrogen and oxygen atoms in total. The molecule has 3 rings (SSSR count). The molecule has 0 spiro atoms. The smallest absolute Gasteiger partial charge is 0.243 e. The van der Waals surface area contributed by atoms with Gasteiger partial charge in [0.15, 0.2) is 0 Å². The number of aliphatic hydroxyl groups is 1. The number of rotatable bonds is 10. The first kappa shape index (κ1) is 24.4. The van der Waals surface area contributed by atoms with Crippen LogP contribution in [0.25, 0.3) is 0 Å². The Morgan fingerprint density at radius 3 is 2.39 bits per heavy atom. The van der Waals surface area contributed by atoms with Crippen LogP contribution in [0.15, 0.2) is 57.9 Å². The van der Waals surface area contributed by atoms with Gasteiger partial charge in [0.05, 0.1) is 11.0 Å². The van der Waals surface area contributed by atoms with Crippen molar-refractivity contribution in [1.29, 1.82) is 0 Å². The molecule has 170 valence electrons. The molecule has 2 aromatic rings. The molecule has 1 aliphatic carbocycles. The van der Waals surface area contributed by atoms with Gasteiger partial charge < -0.3 is 10.4 Å². The lowest BCUT2D eigenvalue weighted by Crippen LogP contribution is -2.48. The van der Waals surface area contributed by atoms with Crippen molar-refractivity contribution in [3.63, 3.8) is 0 Å². The lowest BCUT2D eigenvalue weighted by molar-refractivity contribution is 0.131. The van der Waals surface area contributed by atoms with Crippen molar-refractivity contribution in [2.75, 3.05) is 19.6 Å². The molecule has 0 saturated heterocycles. The monoisotopic (exact) mass is 508 g/mol. The fourth-order valence-corrected chi connectivity index (χ4v) is 6.54. The minimum Gasteiger partial charge on any atom is -0.390 e. The van der Waals surface area contributed by atoms with Crippen molar-refractivity contribution < 1.29 is 13.5 Å². The maximum absolute atomic E-state index is 13.0. The van der Waals surface area contributed by atoms with Gasteiger partial charge in [-0.15, -0.1) is 0 Å². The number of likely N-dealkylation sites (N-methyl/N-ethyl adjacent to an activating group) is 1. The maximum Gasteiger partial charge on any atom is 0.243 e. The van der Waals surface area contributed by atoms with E-state index in [0.29, 0.717) is 23.5 Å². The van der Waals surface area contributed by atoms with Crippen LogP contribution in [0.4, 0.5) is 0 Å². The fraction of sp³-hybridized carbons (Fsp3) is 0.500. The van der Waals surface area contributed by atoms with Crippen molar-refractivity contribution in [3.8, 4) is 0 Å². The standard InChI is InChI=1S/C24H33BrN2O3S/c1-4-27(31(29,30)23-11-7-10-21(25)14-23)17-22(28)16-26-24(2,3)15-18-12-19-8-5-6-9-20(19)13-18/h5-11,14,18,22,26,28H,4,12-13,15-17H2,1-3H3/t22-/m1/s1. The third-order valence-electron chi connectivity index (χ3n) is 5.95. The van der Waals surface area contributed by atoms with E-state index in [9.17, 15) is 13.5 Å². The van der Waals surface area contributed by atoms with Crippen LogP contribution >= 0.6 is 15.9 Å². The number of aliphatic hydroxyl groups excluding tert-OH is 1. The van der Waals surface area contributed by atoms with E-state index in [1.54, 1.807) is 31.2 Å². The highest BCUT2D eigenvalue weighted by Gasteiger charge is 2.30. The van der Waals surface area contributed by atoms with Gasteiger partial charge in [-0.3, -0.25) is 0 Å². The van der Waals surface area contributed by atoms with Crippen LogP contribution in [0.2, 0.25) is 0 Å². The second kappa shape index (κ2) is 10.1. The van der Waals surface area contributed by atoms with Gasteiger partial charge in [-0.2, -0.15) is 4.31 Å². The van der Waals surface area contributed by atoms with Crippen LogP contribution < -0.4 is 5.32 Å². The van der Waals surface area contributed by atoms with E-state index in [-0.39, 0.29) is 17.0 Å². The maximum atomic E-state index is 13.0. The van der Waals surface area contributed by atoms with Crippen molar-refractivity contribution in [1.82, 2.24) is 9.62 Å². The Bertz CT molecular complexity index is 969. The minimum atomic E-state index is -3.66. The predicted octanol–water partition coefficient (Wildman–Crippen LogP) is 3.99. The molecule has 7 heteroatoms. The van der Waals surface area contributed by atoms with Gasteiger partial charge in [-0.1, -0.05) is 53.2 Å². The van der Waals surface area contributed by atoms with E-state index in [1.807, 2.05) is 0 Å². The van der Waals surface area contributed by atoms with Gasteiger partial charge >= 0.3 is 0 Å². The SMILES string of the molecule is CCN(C[C@H](O)CNC(C)(C)CC1Cc2ccccc2C1)S(=O)(=O)c1cccc(Br)c1. The van der Waals surface area contributed by atoms with Crippen LogP contribution in [-0.2, 0) is 22.9 Å².